The second-order valence-corrected chi connectivity index (χ2v) is 5.33. The van der Waals surface area contributed by atoms with E-state index in [0.717, 1.165) is 0 Å². The summed E-state index contributed by atoms with van der Waals surface area (Å²) in [6.45, 7) is 2.20. The van der Waals surface area contributed by atoms with Crippen LogP contribution in [0.4, 0.5) is 5.82 Å². The maximum atomic E-state index is 12.1. The maximum absolute atomic E-state index is 12.1. The van der Waals surface area contributed by atoms with Gasteiger partial charge in [-0.25, -0.2) is 4.98 Å². The third-order valence-electron chi connectivity index (χ3n) is 3.05. The number of anilines is 1. The van der Waals surface area contributed by atoms with Gasteiger partial charge in [-0.2, -0.15) is 0 Å². The molecule has 0 aromatic carbocycles. The first kappa shape index (κ1) is 17.2. The molecule has 21 heavy (non-hydrogen) atoms. The second-order valence-electron chi connectivity index (χ2n) is 4.89. The molecule has 116 valence electrons. The Kier molecular flexibility index (Phi) is 6.42. The van der Waals surface area contributed by atoms with E-state index >= 15 is 0 Å². The van der Waals surface area contributed by atoms with Crippen LogP contribution in [0.15, 0.2) is 18.3 Å². The van der Waals surface area contributed by atoms with Gasteiger partial charge in [-0.05, 0) is 12.1 Å². The summed E-state index contributed by atoms with van der Waals surface area (Å²) in [5, 5.41) is 0.544. The molecule has 0 saturated heterocycles. The van der Waals surface area contributed by atoms with Crippen molar-refractivity contribution in [1.82, 2.24) is 9.88 Å². The quantitative estimate of drug-likeness (QED) is 0.744. The molecule has 0 aliphatic heterocycles. The van der Waals surface area contributed by atoms with Crippen molar-refractivity contribution in [2.45, 2.75) is 6.92 Å². The van der Waals surface area contributed by atoms with E-state index < -0.39 is 0 Å². The first-order valence-corrected chi connectivity index (χ1v) is 6.87. The predicted molar refractivity (Wildman–Crippen MR) is 81.3 cm³/mol. The molecule has 1 heterocycles. The molecule has 0 saturated carbocycles. The average molecular weight is 314 g/mol. The van der Waals surface area contributed by atoms with Crippen LogP contribution >= 0.6 is 11.6 Å². The van der Waals surface area contributed by atoms with Crippen molar-refractivity contribution in [3.63, 3.8) is 0 Å². The molecule has 0 spiro atoms. The Hall–Kier alpha value is -1.82. The van der Waals surface area contributed by atoms with E-state index in [2.05, 4.69) is 9.72 Å². The highest BCUT2D eigenvalue weighted by Crippen LogP contribution is 2.13. The molecule has 1 amide bonds. The van der Waals surface area contributed by atoms with Crippen LogP contribution in [-0.4, -0.2) is 56.1 Å². The number of carbonyl (C=O) groups excluding carboxylic acids is 2. The summed E-state index contributed by atoms with van der Waals surface area (Å²) in [5.74, 6) is -0.141. The van der Waals surface area contributed by atoms with Crippen LogP contribution in [0.25, 0.3) is 0 Å². The van der Waals surface area contributed by atoms with E-state index in [1.165, 1.54) is 18.2 Å². The van der Waals surface area contributed by atoms with Gasteiger partial charge in [-0.3, -0.25) is 9.59 Å². The molecule has 1 rings (SSSR count). The number of likely N-dealkylation sites (N-methyl/N-ethyl adjacent to an activating group) is 2. The normalized spacial score (nSPS) is 11.7. The van der Waals surface area contributed by atoms with Crippen molar-refractivity contribution in [1.29, 1.82) is 0 Å². The molecule has 1 atom stereocenters. The van der Waals surface area contributed by atoms with E-state index in [1.54, 1.807) is 38.1 Å². The third-order valence-corrected chi connectivity index (χ3v) is 3.28. The summed E-state index contributed by atoms with van der Waals surface area (Å²) in [6, 6.07) is 3.46. The minimum absolute atomic E-state index is 0.106. The van der Waals surface area contributed by atoms with Gasteiger partial charge >= 0.3 is 5.97 Å². The predicted octanol–water partition coefficient (Wildman–Crippen LogP) is 1.44. The number of aromatic nitrogens is 1. The van der Waals surface area contributed by atoms with E-state index in [-0.39, 0.29) is 24.3 Å². The van der Waals surface area contributed by atoms with Gasteiger partial charge in [0, 0.05) is 26.8 Å². The summed E-state index contributed by atoms with van der Waals surface area (Å²) in [6.07, 6.45) is 1.53. The highest BCUT2D eigenvalue weighted by atomic mass is 35.5. The largest absolute Gasteiger partial charge is 0.469 e. The van der Waals surface area contributed by atoms with Crippen LogP contribution in [0, 0.1) is 5.92 Å². The topological polar surface area (TPSA) is 62.7 Å². The minimum atomic E-state index is -0.358. The van der Waals surface area contributed by atoms with Crippen LogP contribution in [0.3, 0.4) is 0 Å². The lowest BCUT2D eigenvalue weighted by Crippen LogP contribution is -2.40. The summed E-state index contributed by atoms with van der Waals surface area (Å²) >= 11 is 5.77. The fourth-order valence-corrected chi connectivity index (χ4v) is 1.90. The van der Waals surface area contributed by atoms with Crippen molar-refractivity contribution in [3.8, 4) is 0 Å². The molecule has 7 heteroatoms. The molecule has 0 aliphatic carbocycles. The lowest BCUT2D eigenvalue weighted by molar-refractivity contribution is -0.146. The molecule has 1 unspecified atom stereocenters. The van der Waals surface area contributed by atoms with E-state index in [4.69, 9.17) is 11.6 Å². The van der Waals surface area contributed by atoms with Gasteiger partial charge in [0.25, 0.3) is 0 Å². The van der Waals surface area contributed by atoms with Gasteiger partial charge in [0.1, 0.15) is 5.82 Å². The van der Waals surface area contributed by atoms with Crippen molar-refractivity contribution in [2.75, 3.05) is 39.2 Å². The number of esters is 1. The number of nitrogens with zero attached hydrogens (tertiary/aromatic N) is 3. The Balaban J connectivity index is 2.55. The summed E-state index contributed by atoms with van der Waals surface area (Å²) < 4.78 is 4.64. The number of methoxy groups -OCH3 is 1. The Morgan fingerprint density at radius 1 is 1.38 bits per heavy atom. The maximum Gasteiger partial charge on any atom is 0.310 e. The fourth-order valence-electron chi connectivity index (χ4n) is 1.79. The molecular weight excluding hydrogens is 294 g/mol. The van der Waals surface area contributed by atoms with Gasteiger partial charge in [-0.1, -0.05) is 18.5 Å². The third kappa shape index (κ3) is 5.23. The number of hydrogen-bond donors (Lipinski definition) is 0. The first-order valence-electron chi connectivity index (χ1n) is 6.49. The SMILES string of the molecule is COC(=O)C(C)CN(C)C(=O)CN(C)c1ccc(Cl)cn1. The minimum Gasteiger partial charge on any atom is -0.469 e. The molecule has 0 N–H and O–H groups in total. The number of amides is 1. The lowest BCUT2D eigenvalue weighted by Gasteiger charge is -2.24. The average Bonchev–Trinajstić information content (AvgIpc) is 2.46. The number of pyridine rings is 1. The lowest BCUT2D eigenvalue weighted by atomic mass is 10.2. The van der Waals surface area contributed by atoms with Crippen LogP contribution in [0.5, 0.6) is 0 Å². The molecule has 1 aromatic rings. The van der Waals surface area contributed by atoms with Gasteiger partial charge in [0.05, 0.1) is 24.6 Å². The molecule has 0 radical (unpaired) electrons. The summed E-state index contributed by atoms with van der Waals surface area (Å²) in [4.78, 5) is 30.8. The van der Waals surface area contributed by atoms with Gasteiger partial charge < -0.3 is 14.5 Å². The Bertz CT molecular complexity index is 493. The molecule has 1 aromatic heterocycles. The Morgan fingerprint density at radius 2 is 2.05 bits per heavy atom. The highest BCUT2D eigenvalue weighted by Gasteiger charge is 2.19. The first-order chi connectivity index (χ1) is 9.85. The van der Waals surface area contributed by atoms with Crippen molar-refractivity contribution >= 4 is 29.3 Å². The smallest absolute Gasteiger partial charge is 0.310 e. The zero-order valence-electron chi connectivity index (χ0n) is 12.7. The summed E-state index contributed by atoms with van der Waals surface area (Å²) in [5.41, 5.74) is 0. The molecular formula is C14H20ClN3O3. The van der Waals surface area contributed by atoms with Crippen LogP contribution in [0.1, 0.15) is 6.92 Å². The Labute approximate surface area is 129 Å². The number of carbonyl (C=O) groups is 2. The number of rotatable bonds is 6. The Morgan fingerprint density at radius 3 is 2.57 bits per heavy atom. The van der Waals surface area contributed by atoms with Crippen LogP contribution in [0.2, 0.25) is 5.02 Å². The molecule has 0 aliphatic rings. The molecule has 6 nitrogen and oxygen atoms in total. The zero-order chi connectivity index (χ0) is 16.0. The van der Waals surface area contributed by atoms with Crippen molar-refractivity contribution in [2.24, 2.45) is 5.92 Å². The monoisotopic (exact) mass is 313 g/mol. The van der Waals surface area contributed by atoms with Crippen LogP contribution < -0.4 is 4.90 Å². The number of ether oxygens (including phenoxy) is 1. The van der Waals surface area contributed by atoms with Gasteiger partial charge in [-0.15, -0.1) is 0 Å². The molecule has 0 bridgehead atoms. The van der Waals surface area contributed by atoms with E-state index in [0.29, 0.717) is 17.4 Å². The van der Waals surface area contributed by atoms with Crippen LogP contribution in [-0.2, 0) is 14.3 Å². The van der Waals surface area contributed by atoms with E-state index in [9.17, 15) is 9.59 Å². The van der Waals surface area contributed by atoms with Crippen molar-refractivity contribution in [3.05, 3.63) is 23.4 Å². The van der Waals surface area contributed by atoms with Gasteiger partial charge in [0.2, 0.25) is 5.91 Å². The molecule has 0 fully saturated rings. The highest BCUT2D eigenvalue weighted by molar-refractivity contribution is 6.30. The standard InChI is InChI=1S/C14H20ClN3O3/c1-10(14(20)21-4)8-18(3)13(19)9-17(2)12-6-5-11(15)7-16-12/h5-7,10H,8-9H2,1-4H3. The second kappa shape index (κ2) is 7.83. The fraction of sp³-hybridized carbons (Fsp3) is 0.500. The van der Waals surface area contributed by atoms with Crippen molar-refractivity contribution < 1.29 is 14.3 Å². The zero-order valence-corrected chi connectivity index (χ0v) is 13.4. The summed E-state index contributed by atoms with van der Waals surface area (Å²) in [7, 11) is 4.76. The van der Waals surface area contributed by atoms with Gasteiger partial charge in [0.15, 0.2) is 0 Å². The van der Waals surface area contributed by atoms with E-state index in [1.807, 2.05) is 0 Å². The number of halogens is 1. The number of hydrogen-bond acceptors (Lipinski definition) is 5.